The van der Waals surface area contributed by atoms with Crippen molar-refractivity contribution < 1.29 is 4.79 Å². The molecule has 3 aliphatic rings. The summed E-state index contributed by atoms with van der Waals surface area (Å²) in [5, 5.41) is 2.65. The predicted molar refractivity (Wildman–Crippen MR) is 103 cm³/mol. The summed E-state index contributed by atoms with van der Waals surface area (Å²) < 4.78 is 0. The minimum absolute atomic E-state index is 0.109. The lowest BCUT2D eigenvalue weighted by Gasteiger charge is -2.41. The maximum atomic E-state index is 12.6. The zero-order valence-electron chi connectivity index (χ0n) is 15.3. The van der Waals surface area contributed by atoms with E-state index in [1.54, 1.807) is 5.57 Å². The van der Waals surface area contributed by atoms with E-state index in [1.807, 2.05) is 0 Å². The highest BCUT2D eigenvalue weighted by Crippen LogP contribution is 2.58. The fourth-order valence-electron chi connectivity index (χ4n) is 5.67. The van der Waals surface area contributed by atoms with Crippen LogP contribution in [0.2, 0.25) is 0 Å². The number of ketones is 1. The van der Waals surface area contributed by atoms with Gasteiger partial charge in [0.25, 0.3) is 0 Å². The van der Waals surface area contributed by atoms with Crippen molar-refractivity contribution in [3.63, 3.8) is 0 Å². The second-order valence-electron chi connectivity index (χ2n) is 8.65. The summed E-state index contributed by atoms with van der Waals surface area (Å²) in [6.07, 6.45) is 8.49. The lowest BCUT2D eigenvalue weighted by molar-refractivity contribution is -0.120. The molecule has 5 rings (SSSR count). The molecule has 1 fully saturated rings. The third-order valence-corrected chi connectivity index (χ3v) is 7.23. The number of Topliss-reactive ketones (excluding diaryl/α,β-unsaturated/α-hetero) is 1. The Morgan fingerprint density at radius 2 is 2.04 bits per heavy atom. The van der Waals surface area contributed by atoms with Crippen LogP contribution in [0.25, 0.3) is 10.8 Å². The van der Waals surface area contributed by atoms with Crippen molar-refractivity contribution in [3.05, 3.63) is 58.7 Å². The van der Waals surface area contributed by atoms with Crippen LogP contribution in [0.5, 0.6) is 0 Å². The molecule has 1 saturated carbocycles. The summed E-state index contributed by atoms with van der Waals surface area (Å²) in [5.74, 6) is 1.69. The first kappa shape index (κ1) is 15.4. The molecule has 3 atom stereocenters. The molecule has 3 aliphatic carbocycles. The van der Waals surface area contributed by atoms with Crippen LogP contribution in [0.3, 0.4) is 0 Å². The number of fused-ring (bicyclic) bond motifs is 6. The summed E-state index contributed by atoms with van der Waals surface area (Å²) in [5.41, 5.74) is 5.91. The summed E-state index contributed by atoms with van der Waals surface area (Å²) >= 11 is 0. The summed E-state index contributed by atoms with van der Waals surface area (Å²) in [6.45, 7) is 4.54. The van der Waals surface area contributed by atoms with Crippen molar-refractivity contribution in [1.29, 1.82) is 0 Å². The Kier molecular flexibility index (Phi) is 3.26. The molecule has 1 heteroatoms. The van der Waals surface area contributed by atoms with Crippen molar-refractivity contribution >= 4 is 16.6 Å². The van der Waals surface area contributed by atoms with Crippen LogP contribution in [0.15, 0.2) is 42.0 Å². The van der Waals surface area contributed by atoms with Crippen LogP contribution in [-0.2, 0) is 16.6 Å². The van der Waals surface area contributed by atoms with Gasteiger partial charge in [-0.05, 0) is 65.0 Å². The minimum Gasteiger partial charge on any atom is -0.299 e. The molecule has 1 nitrogen and oxygen atoms in total. The van der Waals surface area contributed by atoms with Crippen LogP contribution >= 0.6 is 0 Å². The molecular weight excluding hydrogens is 304 g/mol. The number of carbonyl (C=O) groups is 1. The van der Waals surface area contributed by atoms with E-state index >= 15 is 0 Å². The van der Waals surface area contributed by atoms with Gasteiger partial charge in [-0.1, -0.05) is 55.8 Å². The Morgan fingerprint density at radius 1 is 1.16 bits per heavy atom. The molecule has 25 heavy (non-hydrogen) atoms. The van der Waals surface area contributed by atoms with E-state index in [0.29, 0.717) is 24.0 Å². The summed E-state index contributed by atoms with van der Waals surface area (Å²) in [7, 11) is 0. The van der Waals surface area contributed by atoms with Crippen molar-refractivity contribution in [3.8, 4) is 0 Å². The Balaban J connectivity index is 1.68. The Morgan fingerprint density at radius 3 is 2.76 bits per heavy atom. The number of hydrogen-bond acceptors (Lipinski definition) is 1. The number of rotatable bonds is 2. The van der Waals surface area contributed by atoms with Gasteiger partial charge in [-0.2, -0.15) is 0 Å². The number of benzene rings is 2. The summed E-state index contributed by atoms with van der Waals surface area (Å²) in [6, 6.07) is 11.7. The molecule has 2 bridgehead atoms. The van der Waals surface area contributed by atoms with Gasteiger partial charge < -0.3 is 0 Å². The first-order chi connectivity index (χ1) is 12.1. The van der Waals surface area contributed by atoms with Crippen molar-refractivity contribution in [2.24, 2.45) is 5.92 Å². The Hall–Kier alpha value is -1.89. The third-order valence-electron chi connectivity index (χ3n) is 7.23. The average Bonchev–Trinajstić information content (AvgIpc) is 3.20. The highest BCUT2D eigenvalue weighted by molar-refractivity contribution is 5.91. The van der Waals surface area contributed by atoms with Crippen molar-refractivity contribution in [1.82, 2.24) is 0 Å². The zero-order valence-corrected chi connectivity index (χ0v) is 15.3. The number of allylic oxidation sites excluding steroid dienone is 2. The predicted octanol–water partition coefficient (Wildman–Crippen LogP) is 5.85. The first-order valence-electron chi connectivity index (χ1n) is 9.86. The van der Waals surface area contributed by atoms with E-state index in [1.165, 1.54) is 40.3 Å². The highest BCUT2D eigenvalue weighted by Gasteiger charge is 2.51. The van der Waals surface area contributed by atoms with E-state index in [2.05, 4.69) is 50.3 Å². The van der Waals surface area contributed by atoms with E-state index in [0.717, 1.165) is 19.3 Å². The Bertz CT molecular complexity index is 919. The van der Waals surface area contributed by atoms with Gasteiger partial charge in [0.05, 0.1) is 0 Å². The lowest BCUT2D eigenvalue weighted by Crippen LogP contribution is -2.39. The van der Waals surface area contributed by atoms with E-state index in [9.17, 15) is 4.79 Å². The van der Waals surface area contributed by atoms with Gasteiger partial charge in [0.1, 0.15) is 5.78 Å². The van der Waals surface area contributed by atoms with Gasteiger partial charge in [0.15, 0.2) is 0 Å². The molecule has 0 N–H and O–H groups in total. The highest BCUT2D eigenvalue weighted by atomic mass is 16.1. The van der Waals surface area contributed by atoms with Gasteiger partial charge in [-0.15, -0.1) is 0 Å². The average molecular weight is 330 g/mol. The molecule has 0 saturated heterocycles. The van der Waals surface area contributed by atoms with Crippen LogP contribution in [0.1, 0.15) is 68.6 Å². The monoisotopic (exact) mass is 330 g/mol. The molecule has 1 spiro atoms. The van der Waals surface area contributed by atoms with Crippen LogP contribution in [0.4, 0.5) is 0 Å². The second kappa shape index (κ2) is 5.30. The van der Waals surface area contributed by atoms with Gasteiger partial charge in [-0.3, -0.25) is 4.79 Å². The standard InChI is InChI=1S/C24H26O/c1-3-15(2)17-5-6-18-12-23-20(10-19(18)9-17)11-22(25)14-24(23)13-16-4-7-21(24)8-16/h4-6,9-10,12,15,21H,3,7-8,11,13-14H2,1-2H3. The molecular formula is C24H26O. The van der Waals surface area contributed by atoms with E-state index in [4.69, 9.17) is 0 Å². The van der Waals surface area contributed by atoms with Gasteiger partial charge in [-0.25, -0.2) is 0 Å². The SMILES string of the molecule is CCC(C)c1ccc2cc3c(cc2c1)CC(=O)CC31CC2=CCC1C2. The Labute approximate surface area is 150 Å². The van der Waals surface area contributed by atoms with E-state index < -0.39 is 0 Å². The molecule has 0 heterocycles. The topological polar surface area (TPSA) is 17.1 Å². The first-order valence-corrected chi connectivity index (χ1v) is 9.86. The minimum atomic E-state index is 0.109. The lowest BCUT2D eigenvalue weighted by atomic mass is 9.62. The maximum absolute atomic E-state index is 12.6. The molecule has 2 aromatic rings. The number of hydrogen-bond donors (Lipinski definition) is 0. The molecule has 0 aromatic heterocycles. The fourth-order valence-corrected chi connectivity index (χ4v) is 5.67. The summed E-state index contributed by atoms with van der Waals surface area (Å²) in [4.78, 5) is 12.6. The van der Waals surface area contributed by atoms with Gasteiger partial charge >= 0.3 is 0 Å². The largest absolute Gasteiger partial charge is 0.299 e. The molecule has 3 unspecified atom stereocenters. The maximum Gasteiger partial charge on any atom is 0.138 e. The van der Waals surface area contributed by atoms with Crippen molar-refractivity contribution in [2.45, 2.75) is 63.7 Å². The van der Waals surface area contributed by atoms with Gasteiger partial charge in [0, 0.05) is 18.3 Å². The number of carbonyl (C=O) groups excluding carboxylic acids is 1. The second-order valence-corrected chi connectivity index (χ2v) is 8.65. The molecule has 0 amide bonds. The molecule has 0 aliphatic heterocycles. The van der Waals surface area contributed by atoms with Crippen LogP contribution in [0, 0.1) is 5.92 Å². The third kappa shape index (κ3) is 2.18. The molecule has 0 radical (unpaired) electrons. The van der Waals surface area contributed by atoms with E-state index in [-0.39, 0.29) is 5.41 Å². The van der Waals surface area contributed by atoms with Crippen LogP contribution < -0.4 is 0 Å². The van der Waals surface area contributed by atoms with Gasteiger partial charge in [0.2, 0.25) is 0 Å². The quantitative estimate of drug-likeness (QED) is 0.632. The van der Waals surface area contributed by atoms with Crippen molar-refractivity contribution in [2.75, 3.05) is 0 Å². The smallest absolute Gasteiger partial charge is 0.138 e. The molecule has 2 aromatic carbocycles. The fraction of sp³-hybridized carbons (Fsp3) is 0.458. The zero-order chi connectivity index (χ0) is 17.2. The molecule has 128 valence electrons. The van der Waals surface area contributed by atoms with Crippen LogP contribution in [-0.4, -0.2) is 5.78 Å². The normalized spacial score (nSPS) is 28.5.